The van der Waals surface area contributed by atoms with Crippen LogP contribution in [0, 0.1) is 0 Å². The van der Waals surface area contributed by atoms with E-state index in [4.69, 9.17) is 5.11 Å². The van der Waals surface area contributed by atoms with Crippen molar-refractivity contribution in [3.8, 4) is 0 Å². The topological polar surface area (TPSA) is 95.5 Å². The summed E-state index contributed by atoms with van der Waals surface area (Å²) in [6, 6.07) is 4.22. The molecule has 1 amide bonds. The molecule has 0 heterocycles. The van der Waals surface area contributed by atoms with Gasteiger partial charge in [0.05, 0.1) is 0 Å². The van der Waals surface area contributed by atoms with E-state index >= 15 is 0 Å². The predicted octanol–water partition coefficient (Wildman–Crippen LogP) is 2.04. The predicted molar refractivity (Wildman–Crippen MR) is 56.7 cm³/mol. The molecule has 1 rings (SSSR count). The van der Waals surface area contributed by atoms with Crippen LogP contribution in [0.5, 0.6) is 0 Å². The molecule has 0 atom stereocenters. The Hall–Kier alpha value is -1.97. The number of nitrogens with one attached hydrogen (secondary N) is 2. The molecule has 6 nitrogen and oxygen atoms in total. The number of carboxylic acid groups (broad SMARTS) is 1. The number of rotatable bonds is 3. The highest BCUT2D eigenvalue weighted by Gasteiger charge is 2.45. The highest BCUT2D eigenvalue weighted by molar-refractivity contribution is 7.93. The molecule has 0 fully saturated rings. The monoisotopic (exact) mass is 284 g/mol. The minimum absolute atomic E-state index is 0.0949. The van der Waals surface area contributed by atoms with Crippen molar-refractivity contribution in [3.63, 3.8) is 0 Å². The van der Waals surface area contributed by atoms with Crippen molar-refractivity contribution in [1.29, 1.82) is 0 Å². The third-order valence-electron chi connectivity index (χ3n) is 1.69. The largest absolute Gasteiger partial charge is 0.516 e. The lowest BCUT2D eigenvalue weighted by Gasteiger charge is -2.10. The Morgan fingerprint density at radius 2 is 1.56 bits per heavy atom. The number of sulfonamides is 1. The molecule has 0 spiro atoms. The van der Waals surface area contributed by atoms with E-state index in [1.165, 1.54) is 4.72 Å². The van der Waals surface area contributed by atoms with Crippen LogP contribution in [-0.4, -0.2) is 25.1 Å². The lowest BCUT2D eigenvalue weighted by atomic mass is 10.3. The number of carbonyl (C=O) groups is 1. The van der Waals surface area contributed by atoms with Crippen molar-refractivity contribution < 1.29 is 31.5 Å². The highest BCUT2D eigenvalue weighted by atomic mass is 32.2. The van der Waals surface area contributed by atoms with Gasteiger partial charge in [0.15, 0.2) is 0 Å². The lowest BCUT2D eigenvalue weighted by Crippen LogP contribution is -2.29. The van der Waals surface area contributed by atoms with Crippen molar-refractivity contribution >= 4 is 27.5 Å². The van der Waals surface area contributed by atoms with Crippen molar-refractivity contribution in [1.82, 2.24) is 0 Å². The van der Waals surface area contributed by atoms with Gasteiger partial charge in [0.1, 0.15) is 0 Å². The molecule has 0 saturated heterocycles. The van der Waals surface area contributed by atoms with E-state index in [2.05, 4.69) is 0 Å². The minimum Gasteiger partial charge on any atom is -0.465 e. The lowest BCUT2D eigenvalue weighted by molar-refractivity contribution is -0.0429. The standard InChI is InChI=1S/C8H7F3N2O4S/c9-8(10,11)18(16,17)13-6-3-1-5(2-4-6)12-7(14)15/h1-4,12-13H,(H,14,15). The quantitative estimate of drug-likeness (QED) is 0.791. The molecule has 18 heavy (non-hydrogen) atoms. The Balaban J connectivity index is 2.85. The summed E-state index contributed by atoms with van der Waals surface area (Å²) >= 11 is 0. The SMILES string of the molecule is O=C(O)Nc1ccc(NS(=O)(=O)C(F)(F)F)cc1. The zero-order valence-corrected chi connectivity index (χ0v) is 9.34. The van der Waals surface area contributed by atoms with Crippen LogP contribution in [0.15, 0.2) is 24.3 Å². The van der Waals surface area contributed by atoms with Crippen LogP contribution in [0.2, 0.25) is 0 Å². The van der Waals surface area contributed by atoms with Gasteiger partial charge in [-0.15, -0.1) is 0 Å². The summed E-state index contributed by atoms with van der Waals surface area (Å²) in [5, 5.41) is 10.3. The van der Waals surface area contributed by atoms with E-state index in [9.17, 15) is 26.4 Å². The summed E-state index contributed by atoms with van der Waals surface area (Å²) in [5.41, 5.74) is -5.65. The van der Waals surface area contributed by atoms with Crippen LogP contribution < -0.4 is 10.0 Å². The van der Waals surface area contributed by atoms with Crippen LogP contribution in [0.1, 0.15) is 0 Å². The molecule has 0 aliphatic rings. The van der Waals surface area contributed by atoms with Crippen LogP contribution in [0.4, 0.5) is 29.3 Å². The van der Waals surface area contributed by atoms with E-state index in [0.717, 1.165) is 24.3 Å². The average Bonchev–Trinajstić information content (AvgIpc) is 2.18. The normalized spacial score (nSPS) is 11.9. The molecule has 0 unspecified atom stereocenters. The fourth-order valence-electron chi connectivity index (χ4n) is 0.958. The van der Waals surface area contributed by atoms with Gasteiger partial charge < -0.3 is 5.11 Å². The van der Waals surface area contributed by atoms with Gasteiger partial charge in [0, 0.05) is 11.4 Å². The maximum absolute atomic E-state index is 12.0. The number of amides is 1. The molecule has 10 heteroatoms. The first-order valence-corrected chi connectivity index (χ1v) is 5.79. The van der Waals surface area contributed by atoms with Crippen molar-refractivity contribution in [2.24, 2.45) is 0 Å². The molecule has 3 N–H and O–H groups in total. The van der Waals surface area contributed by atoms with E-state index in [1.807, 2.05) is 5.32 Å². The summed E-state index contributed by atoms with van der Waals surface area (Å²) in [5.74, 6) is 0. The Bertz CT molecular complexity index is 538. The minimum atomic E-state index is -5.47. The summed E-state index contributed by atoms with van der Waals surface area (Å²) < 4.78 is 58.9. The number of anilines is 2. The molecule has 1 aromatic rings. The maximum Gasteiger partial charge on any atom is 0.516 e. The smallest absolute Gasteiger partial charge is 0.465 e. The van der Waals surface area contributed by atoms with Crippen molar-refractivity contribution in [3.05, 3.63) is 24.3 Å². The molecule has 100 valence electrons. The Morgan fingerprint density at radius 3 is 1.94 bits per heavy atom. The van der Waals surface area contributed by atoms with Gasteiger partial charge in [-0.05, 0) is 24.3 Å². The van der Waals surface area contributed by atoms with Gasteiger partial charge in [-0.25, -0.2) is 4.79 Å². The van der Waals surface area contributed by atoms with Crippen LogP contribution in [-0.2, 0) is 10.0 Å². The third-order valence-corrected chi connectivity index (χ3v) is 2.81. The molecular weight excluding hydrogens is 277 g/mol. The van der Waals surface area contributed by atoms with E-state index in [-0.39, 0.29) is 11.4 Å². The van der Waals surface area contributed by atoms with E-state index < -0.39 is 21.6 Å². The van der Waals surface area contributed by atoms with Gasteiger partial charge in [-0.2, -0.15) is 21.6 Å². The summed E-state index contributed by atoms with van der Waals surface area (Å²) in [4.78, 5) is 10.2. The van der Waals surface area contributed by atoms with E-state index in [1.54, 1.807) is 0 Å². The zero-order chi connectivity index (χ0) is 14.0. The van der Waals surface area contributed by atoms with Gasteiger partial charge in [-0.3, -0.25) is 10.0 Å². The molecule has 1 aromatic carbocycles. The second-order valence-corrected chi connectivity index (χ2v) is 4.73. The fraction of sp³-hybridized carbons (Fsp3) is 0.125. The van der Waals surface area contributed by atoms with Crippen molar-refractivity contribution in [2.45, 2.75) is 5.51 Å². The second-order valence-electron chi connectivity index (χ2n) is 3.06. The summed E-state index contributed by atoms with van der Waals surface area (Å²) in [7, 11) is -5.47. The maximum atomic E-state index is 12.0. The summed E-state index contributed by atoms with van der Waals surface area (Å²) in [6.07, 6.45) is -1.35. The first-order valence-electron chi connectivity index (χ1n) is 4.31. The summed E-state index contributed by atoms with van der Waals surface area (Å²) in [6.45, 7) is 0. The molecule has 0 aliphatic carbocycles. The Labute approximate surface area is 99.5 Å². The van der Waals surface area contributed by atoms with Crippen molar-refractivity contribution in [2.75, 3.05) is 10.0 Å². The number of halogens is 3. The average molecular weight is 284 g/mol. The molecular formula is C8H7F3N2O4S. The first kappa shape index (κ1) is 14.1. The van der Waals surface area contributed by atoms with Crippen LogP contribution in [0.3, 0.4) is 0 Å². The molecule has 0 saturated carbocycles. The molecule has 0 aliphatic heterocycles. The zero-order valence-electron chi connectivity index (χ0n) is 8.52. The molecule has 0 bridgehead atoms. The number of hydrogen-bond acceptors (Lipinski definition) is 3. The Morgan fingerprint density at radius 1 is 1.11 bits per heavy atom. The van der Waals surface area contributed by atoms with Gasteiger partial charge in [0.25, 0.3) is 0 Å². The Kier molecular flexibility index (Phi) is 3.70. The third kappa shape index (κ3) is 3.52. The molecule has 0 radical (unpaired) electrons. The second kappa shape index (κ2) is 4.72. The highest BCUT2D eigenvalue weighted by Crippen LogP contribution is 2.25. The number of benzene rings is 1. The fourth-order valence-corrected chi connectivity index (χ4v) is 1.52. The van der Waals surface area contributed by atoms with Crippen LogP contribution in [0.25, 0.3) is 0 Å². The first-order chi connectivity index (χ1) is 8.12. The van der Waals surface area contributed by atoms with Crippen LogP contribution >= 0.6 is 0 Å². The number of hydrogen-bond donors (Lipinski definition) is 3. The van der Waals surface area contributed by atoms with Gasteiger partial charge in [-0.1, -0.05) is 0 Å². The number of alkyl halides is 3. The van der Waals surface area contributed by atoms with E-state index in [0.29, 0.717) is 0 Å². The van der Waals surface area contributed by atoms with Gasteiger partial charge in [0.2, 0.25) is 0 Å². The molecule has 0 aromatic heterocycles. The van der Waals surface area contributed by atoms with Gasteiger partial charge >= 0.3 is 21.6 Å².